The fourth-order valence-electron chi connectivity index (χ4n) is 3.30. The summed E-state index contributed by atoms with van der Waals surface area (Å²) >= 11 is 0. The van der Waals surface area contributed by atoms with Gasteiger partial charge in [0.25, 0.3) is 0 Å². The Morgan fingerprint density at radius 1 is 0.919 bits per heavy atom. The first-order valence-electron chi connectivity index (χ1n) is 11.3. The number of aromatic amines is 2. The number of primary amides is 1. The molecule has 0 aliphatic carbocycles. The van der Waals surface area contributed by atoms with Gasteiger partial charge in [-0.05, 0) is 13.3 Å². The summed E-state index contributed by atoms with van der Waals surface area (Å²) in [5.74, 6) is -4.65. The third-order valence-corrected chi connectivity index (χ3v) is 5.30. The molecule has 2 rings (SSSR count). The van der Waals surface area contributed by atoms with Crippen molar-refractivity contribution in [2.24, 2.45) is 11.5 Å². The number of hydrogen-bond acceptors (Lipinski definition) is 9. The van der Waals surface area contributed by atoms with Gasteiger partial charge in [0.15, 0.2) is 6.04 Å². The lowest BCUT2D eigenvalue weighted by Gasteiger charge is -2.25. The molecule has 0 radical (unpaired) electrons. The molecule has 2 aromatic rings. The normalized spacial score (nSPS) is 15.0. The van der Waals surface area contributed by atoms with Crippen LogP contribution in [0.5, 0.6) is 0 Å². The van der Waals surface area contributed by atoms with E-state index >= 15 is 0 Å². The van der Waals surface area contributed by atoms with E-state index in [0.717, 1.165) is 0 Å². The number of hydrogen-bond donors (Lipinski definition) is 9. The van der Waals surface area contributed by atoms with Crippen molar-refractivity contribution in [1.29, 1.82) is 0 Å². The van der Waals surface area contributed by atoms with Crippen molar-refractivity contribution in [3.63, 3.8) is 0 Å². The molecule has 5 atom stereocenters. The highest BCUT2D eigenvalue weighted by Crippen LogP contribution is 2.05. The molecule has 202 valence electrons. The first kappa shape index (κ1) is 28.9. The molecule has 2 aromatic heterocycles. The average Bonchev–Trinajstić information content (AvgIpc) is 3.53. The molecule has 4 amide bonds. The van der Waals surface area contributed by atoms with Gasteiger partial charge in [-0.1, -0.05) is 0 Å². The number of H-pyrrole nitrogens is 2. The molecule has 0 aliphatic heterocycles. The molecule has 0 aromatic carbocycles. The minimum Gasteiger partial charge on any atom is -0.480 e. The van der Waals surface area contributed by atoms with Gasteiger partial charge in [-0.15, -0.1) is 0 Å². The van der Waals surface area contributed by atoms with E-state index in [4.69, 9.17) is 11.5 Å². The topological polar surface area (TPSA) is 271 Å². The Morgan fingerprint density at radius 3 is 1.95 bits per heavy atom. The quantitative estimate of drug-likeness (QED) is 0.111. The number of imidazole rings is 2. The van der Waals surface area contributed by atoms with Crippen molar-refractivity contribution >= 4 is 29.6 Å². The SMILES string of the molecule is CC(O)C(NC(=O)C(Cc1cnc[nH]1)NC(=O)C(CCC(N)=O)NC(=O)C(N)Cc1cnc[nH]1)C(=O)O. The highest BCUT2D eigenvalue weighted by Gasteiger charge is 2.32. The second kappa shape index (κ2) is 13.7. The van der Waals surface area contributed by atoms with Crippen molar-refractivity contribution in [1.82, 2.24) is 35.9 Å². The van der Waals surface area contributed by atoms with E-state index in [1.54, 1.807) is 0 Å². The summed E-state index contributed by atoms with van der Waals surface area (Å²) in [6.45, 7) is 1.18. The van der Waals surface area contributed by atoms with Crippen LogP contribution in [0.4, 0.5) is 0 Å². The number of rotatable bonds is 15. The van der Waals surface area contributed by atoms with Crippen LogP contribution in [0, 0.1) is 0 Å². The molecular formula is C21H31N9O7. The highest BCUT2D eigenvalue weighted by molar-refractivity contribution is 5.94. The number of aromatic nitrogens is 4. The molecule has 37 heavy (non-hydrogen) atoms. The first-order chi connectivity index (χ1) is 17.5. The Labute approximate surface area is 211 Å². The molecule has 0 bridgehead atoms. The van der Waals surface area contributed by atoms with Gasteiger partial charge in [0, 0.05) is 43.0 Å². The molecule has 5 unspecified atom stereocenters. The van der Waals surface area contributed by atoms with E-state index in [-0.39, 0.29) is 25.7 Å². The smallest absolute Gasteiger partial charge is 0.328 e. The third kappa shape index (κ3) is 9.34. The molecule has 11 N–H and O–H groups in total. The Kier molecular flexibility index (Phi) is 10.7. The number of nitrogens with zero attached hydrogens (tertiary/aromatic N) is 2. The van der Waals surface area contributed by atoms with E-state index in [9.17, 15) is 34.2 Å². The maximum Gasteiger partial charge on any atom is 0.328 e. The fraction of sp³-hybridized carbons (Fsp3) is 0.476. The summed E-state index contributed by atoms with van der Waals surface area (Å²) in [6.07, 6.45) is 3.75. The zero-order chi connectivity index (χ0) is 27.5. The lowest BCUT2D eigenvalue weighted by Crippen LogP contribution is -2.59. The van der Waals surface area contributed by atoms with Gasteiger partial charge in [0.05, 0.1) is 24.8 Å². The zero-order valence-corrected chi connectivity index (χ0v) is 20.0. The number of carboxylic acids is 1. The number of carbonyl (C=O) groups is 5. The fourth-order valence-corrected chi connectivity index (χ4v) is 3.30. The third-order valence-electron chi connectivity index (χ3n) is 5.30. The number of carboxylic acid groups (broad SMARTS) is 1. The number of aliphatic carboxylic acids is 1. The molecule has 0 fully saturated rings. The predicted molar refractivity (Wildman–Crippen MR) is 126 cm³/mol. The number of carbonyl (C=O) groups excluding carboxylic acids is 4. The average molecular weight is 522 g/mol. The lowest BCUT2D eigenvalue weighted by atomic mass is 10.1. The van der Waals surface area contributed by atoms with Crippen LogP contribution < -0.4 is 27.4 Å². The largest absolute Gasteiger partial charge is 0.480 e. The predicted octanol–water partition coefficient (Wildman–Crippen LogP) is -3.57. The van der Waals surface area contributed by atoms with Crippen molar-refractivity contribution in [3.8, 4) is 0 Å². The number of aliphatic hydroxyl groups is 1. The van der Waals surface area contributed by atoms with E-state index in [1.807, 2.05) is 0 Å². The number of amides is 4. The monoisotopic (exact) mass is 521 g/mol. The minimum atomic E-state index is -1.64. The molecule has 0 spiro atoms. The van der Waals surface area contributed by atoms with Crippen molar-refractivity contribution in [2.75, 3.05) is 0 Å². The number of aliphatic hydroxyl groups excluding tert-OH is 1. The second-order valence-corrected chi connectivity index (χ2v) is 8.36. The molecule has 0 aliphatic rings. The van der Waals surface area contributed by atoms with Crippen LogP contribution in [0.25, 0.3) is 0 Å². The molecule has 16 nitrogen and oxygen atoms in total. The summed E-state index contributed by atoms with van der Waals surface area (Å²) in [5, 5.41) is 26.1. The zero-order valence-electron chi connectivity index (χ0n) is 20.0. The van der Waals surface area contributed by atoms with Crippen LogP contribution >= 0.6 is 0 Å². The van der Waals surface area contributed by atoms with E-state index < -0.39 is 59.9 Å². The van der Waals surface area contributed by atoms with Crippen LogP contribution in [-0.2, 0) is 36.8 Å². The van der Waals surface area contributed by atoms with Gasteiger partial charge in [-0.3, -0.25) is 19.2 Å². The van der Waals surface area contributed by atoms with Gasteiger partial charge < -0.3 is 47.6 Å². The highest BCUT2D eigenvalue weighted by atomic mass is 16.4. The van der Waals surface area contributed by atoms with Crippen LogP contribution in [0.3, 0.4) is 0 Å². The van der Waals surface area contributed by atoms with Crippen LogP contribution in [0.1, 0.15) is 31.2 Å². The molecule has 16 heteroatoms. The van der Waals surface area contributed by atoms with E-state index in [1.165, 1.54) is 32.0 Å². The van der Waals surface area contributed by atoms with E-state index in [2.05, 4.69) is 35.9 Å². The minimum absolute atomic E-state index is 0.0940. The first-order valence-corrected chi connectivity index (χ1v) is 11.3. The number of nitrogens with one attached hydrogen (secondary N) is 5. The van der Waals surface area contributed by atoms with Crippen molar-refractivity contribution in [2.45, 2.75) is 62.9 Å². The van der Waals surface area contributed by atoms with Crippen LogP contribution in [-0.4, -0.2) is 90.0 Å². The summed E-state index contributed by atoms with van der Waals surface area (Å²) < 4.78 is 0. The van der Waals surface area contributed by atoms with Crippen molar-refractivity contribution < 1.29 is 34.2 Å². The summed E-state index contributed by atoms with van der Waals surface area (Å²) in [5.41, 5.74) is 12.1. The maximum atomic E-state index is 13.1. The number of nitrogens with two attached hydrogens (primary N) is 2. The maximum absolute atomic E-state index is 13.1. The summed E-state index contributed by atoms with van der Waals surface area (Å²) in [6, 6.07) is -5.33. The summed E-state index contributed by atoms with van der Waals surface area (Å²) in [7, 11) is 0. The van der Waals surface area contributed by atoms with Gasteiger partial charge in [-0.2, -0.15) is 0 Å². The Hall–Kier alpha value is -4.31. The second-order valence-electron chi connectivity index (χ2n) is 8.36. The van der Waals surface area contributed by atoms with Gasteiger partial charge in [0.2, 0.25) is 23.6 Å². The Bertz CT molecular complexity index is 1060. The van der Waals surface area contributed by atoms with Gasteiger partial charge in [-0.25, -0.2) is 14.8 Å². The molecule has 0 saturated carbocycles. The van der Waals surface area contributed by atoms with Crippen LogP contribution in [0.2, 0.25) is 0 Å². The Morgan fingerprint density at radius 2 is 1.46 bits per heavy atom. The van der Waals surface area contributed by atoms with Crippen molar-refractivity contribution in [3.05, 3.63) is 36.4 Å². The molecule has 2 heterocycles. The standard InChI is InChI=1S/C21H31N9O7/c1-10(31)17(21(36)37)30-20(35)15(5-12-7-25-9-27-12)29-19(34)14(2-3-16(23)32)28-18(33)13(22)4-11-6-24-8-26-11/h6-10,13-15,17,31H,2-5,22H2,1H3,(H2,23,32)(H,24,26)(H,25,27)(H,28,33)(H,29,34)(H,30,35)(H,36,37). The lowest BCUT2D eigenvalue weighted by molar-refractivity contribution is -0.145. The van der Waals surface area contributed by atoms with Crippen LogP contribution in [0.15, 0.2) is 25.0 Å². The van der Waals surface area contributed by atoms with Gasteiger partial charge in [0.1, 0.15) is 12.1 Å². The summed E-state index contributed by atoms with van der Waals surface area (Å²) in [4.78, 5) is 74.7. The Balaban J connectivity index is 2.18. The van der Waals surface area contributed by atoms with Gasteiger partial charge >= 0.3 is 5.97 Å². The molecule has 0 saturated heterocycles. The van der Waals surface area contributed by atoms with E-state index in [0.29, 0.717) is 11.4 Å². The molecular weight excluding hydrogens is 490 g/mol.